The van der Waals surface area contributed by atoms with Crippen molar-refractivity contribution in [2.45, 2.75) is 18.1 Å². The van der Waals surface area contributed by atoms with Crippen LogP contribution in [0.3, 0.4) is 0 Å². The number of nitriles is 1. The fourth-order valence-electron chi connectivity index (χ4n) is 3.72. The summed E-state index contributed by atoms with van der Waals surface area (Å²) < 4.78 is 72.9. The van der Waals surface area contributed by atoms with Gasteiger partial charge < -0.3 is 9.30 Å². The van der Waals surface area contributed by atoms with Crippen LogP contribution in [0.25, 0.3) is 10.9 Å². The summed E-state index contributed by atoms with van der Waals surface area (Å²) in [6.07, 6.45) is 3.79. The highest BCUT2D eigenvalue weighted by Crippen LogP contribution is 2.51. The zero-order chi connectivity index (χ0) is 24.9. The van der Waals surface area contributed by atoms with Crippen LogP contribution in [-0.2, 0) is 14.6 Å². The molecule has 1 unspecified atom stereocenters. The number of allylic oxidation sites excluding steroid dienone is 3. The molecule has 4 rings (SSSR count). The number of nitrogens with zero attached hydrogens (tertiary/aromatic N) is 2. The summed E-state index contributed by atoms with van der Waals surface area (Å²) >= 11 is 0. The van der Waals surface area contributed by atoms with Crippen LogP contribution in [0.4, 0.5) is 8.78 Å². The summed E-state index contributed by atoms with van der Waals surface area (Å²) in [6, 6.07) is 11.7. The van der Waals surface area contributed by atoms with Crippen LogP contribution in [0.1, 0.15) is 18.9 Å². The highest BCUT2D eigenvalue weighted by atomic mass is 32.2. The van der Waals surface area contributed by atoms with Gasteiger partial charge in [-0.15, -0.1) is 0 Å². The van der Waals surface area contributed by atoms with Gasteiger partial charge in [0.2, 0.25) is 0 Å². The molecule has 0 fully saturated rings. The minimum atomic E-state index is -4.23. The second-order valence-corrected chi connectivity index (χ2v) is 14.1. The Morgan fingerprint density at radius 2 is 1.79 bits per heavy atom. The predicted molar refractivity (Wildman–Crippen MR) is 127 cm³/mol. The van der Waals surface area contributed by atoms with E-state index in [1.807, 2.05) is 0 Å². The average molecular weight is 502 g/mol. The molecule has 0 spiro atoms. The highest BCUT2D eigenvalue weighted by molar-refractivity contribution is 7.91. The molecular formula is C24H21F2N2O4PS. The molecule has 1 aliphatic rings. The fraction of sp³-hybridized carbons (Fsp3) is 0.208. The lowest BCUT2D eigenvalue weighted by Crippen LogP contribution is -2.40. The zero-order valence-corrected chi connectivity index (χ0v) is 20.3. The van der Waals surface area contributed by atoms with E-state index in [2.05, 4.69) is 0 Å². The summed E-state index contributed by atoms with van der Waals surface area (Å²) in [5.41, 5.74) is 0.163. The summed E-state index contributed by atoms with van der Waals surface area (Å²) in [4.78, 5) is 0. The number of fused-ring (bicyclic) bond motifs is 1. The molecule has 0 saturated carbocycles. The maximum absolute atomic E-state index is 15.1. The van der Waals surface area contributed by atoms with Crippen molar-refractivity contribution in [2.75, 3.05) is 13.3 Å². The zero-order valence-electron chi connectivity index (χ0n) is 18.6. The monoisotopic (exact) mass is 502 g/mol. The third kappa shape index (κ3) is 3.97. The van der Waals surface area contributed by atoms with Crippen LogP contribution >= 0.6 is 7.14 Å². The van der Waals surface area contributed by atoms with E-state index in [4.69, 9.17) is 10.00 Å². The first-order valence-electron chi connectivity index (χ1n) is 10.2. The molecule has 0 bridgehead atoms. The molecule has 0 radical (unpaired) electrons. The lowest BCUT2D eigenvalue weighted by molar-refractivity contribution is 0.476. The Kier molecular flexibility index (Phi) is 5.79. The molecule has 6 nitrogen and oxygen atoms in total. The number of aromatic nitrogens is 1. The van der Waals surface area contributed by atoms with Gasteiger partial charge in [0.05, 0.1) is 11.1 Å². The Morgan fingerprint density at radius 3 is 2.44 bits per heavy atom. The van der Waals surface area contributed by atoms with Gasteiger partial charge in [-0.25, -0.2) is 21.2 Å². The van der Waals surface area contributed by atoms with Gasteiger partial charge in [-0.3, -0.25) is 0 Å². The highest BCUT2D eigenvalue weighted by Gasteiger charge is 2.46. The molecule has 176 valence electrons. The Bertz CT molecular complexity index is 1580. The van der Waals surface area contributed by atoms with Gasteiger partial charge in [-0.05, 0) is 69.1 Å². The van der Waals surface area contributed by atoms with Gasteiger partial charge in [-0.1, -0.05) is 6.08 Å². The summed E-state index contributed by atoms with van der Waals surface area (Å²) in [6.45, 7) is 4.32. The van der Waals surface area contributed by atoms with Crippen LogP contribution in [0.15, 0.2) is 72.0 Å². The van der Waals surface area contributed by atoms with Crippen molar-refractivity contribution < 1.29 is 26.5 Å². The van der Waals surface area contributed by atoms with E-state index in [0.717, 1.165) is 16.1 Å². The van der Waals surface area contributed by atoms with Gasteiger partial charge in [0, 0.05) is 23.0 Å². The van der Waals surface area contributed by atoms with Gasteiger partial charge in [0.15, 0.2) is 0 Å². The van der Waals surface area contributed by atoms with Crippen molar-refractivity contribution >= 4 is 28.1 Å². The molecule has 34 heavy (non-hydrogen) atoms. The van der Waals surface area contributed by atoms with Gasteiger partial charge in [0.25, 0.3) is 10.0 Å². The van der Waals surface area contributed by atoms with Crippen LogP contribution in [0.5, 0.6) is 11.5 Å². The molecule has 0 saturated heterocycles. The maximum Gasteiger partial charge on any atom is 0.251 e. The predicted octanol–water partition coefficient (Wildman–Crippen LogP) is 6.14. The molecule has 0 amide bonds. The van der Waals surface area contributed by atoms with Crippen LogP contribution < -0.4 is 4.74 Å². The third-order valence-corrected chi connectivity index (χ3v) is 9.74. The number of hydrogen-bond donors (Lipinski definition) is 0. The summed E-state index contributed by atoms with van der Waals surface area (Å²) in [7, 11) is -6.97. The minimum absolute atomic E-state index is 0.147. The number of halogens is 2. The number of hydrogen-bond acceptors (Lipinski definition) is 5. The van der Waals surface area contributed by atoms with Crippen molar-refractivity contribution in [3.8, 4) is 17.6 Å². The van der Waals surface area contributed by atoms with E-state index < -0.39 is 33.6 Å². The SMILES string of the molecule is CC1(S(=O)(=O)n2ccc3cc(Oc4ccc(F)c(C#N)c4)ccc32)CC=C(P(C)(C)=O)C=C1F. The molecule has 0 aliphatic heterocycles. The molecule has 1 heterocycles. The standard InChI is InChI=1S/C24H21F2N2O4PS/c1-24(10-8-20(14-23(24)26)33(2,3)29)34(30,31)28-11-9-16-12-19(5-7-22(16)28)32-18-4-6-21(25)17(13-18)15-27/h4-9,11-14H,10H2,1-3H3. The fourth-order valence-corrected chi connectivity index (χ4v) is 6.35. The number of benzene rings is 2. The van der Waals surface area contributed by atoms with E-state index in [9.17, 15) is 17.4 Å². The second-order valence-electron chi connectivity index (χ2n) is 8.60. The normalized spacial score (nSPS) is 18.8. The van der Waals surface area contributed by atoms with Crippen LogP contribution in [-0.4, -0.2) is 30.5 Å². The minimum Gasteiger partial charge on any atom is -0.457 e. The quantitative estimate of drug-likeness (QED) is 0.391. The molecule has 2 aromatic carbocycles. The van der Waals surface area contributed by atoms with E-state index in [0.29, 0.717) is 22.0 Å². The Morgan fingerprint density at radius 1 is 1.12 bits per heavy atom. The molecule has 1 aliphatic carbocycles. The molecule has 1 aromatic heterocycles. The van der Waals surface area contributed by atoms with E-state index in [1.165, 1.54) is 56.8 Å². The first-order valence-corrected chi connectivity index (χ1v) is 14.3. The first-order chi connectivity index (χ1) is 15.9. The number of ether oxygens (including phenoxy) is 1. The Labute approximate surface area is 196 Å². The van der Waals surface area contributed by atoms with Gasteiger partial charge in [0.1, 0.15) is 41.1 Å². The maximum atomic E-state index is 15.1. The number of rotatable bonds is 5. The van der Waals surface area contributed by atoms with Crippen molar-refractivity contribution in [1.82, 2.24) is 3.97 Å². The second kappa shape index (κ2) is 8.23. The Hall–Kier alpha value is -3.21. The largest absolute Gasteiger partial charge is 0.457 e. The van der Waals surface area contributed by atoms with Gasteiger partial charge >= 0.3 is 0 Å². The smallest absolute Gasteiger partial charge is 0.251 e. The van der Waals surface area contributed by atoms with E-state index in [1.54, 1.807) is 18.2 Å². The topological polar surface area (TPSA) is 89.2 Å². The average Bonchev–Trinajstić information content (AvgIpc) is 3.20. The Balaban J connectivity index is 1.68. The molecular weight excluding hydrogens is 481 g/mol. The van der Waals surface area contributed by atoms with E-state index in [-0.39, 0.29) is 17.7 Å². The van der Waals surface area contributed by atoms with Crippen molar-refractivity contribution in [3.05, 3.63) is 83.3 Å². The van der Waals surface area contributed by atoms with Crippen molar-refractivity contribution in [1.29, 1.82) is 5.26 Å². The van der Waals surface area contributed by atoms with Crippen LogP contribution in [0.2, 0.25) is 0 Å². The lowest BCUT2D eigenvalue weighted by atomic mass is 10.0. The molecule has 0 N–H and O–H groups in total. The molecule has 10 heteroatoms. The third-order valence-electron chi connectivity index (χ3n) is 5.85. The molecule has 1 atom stereocenters. The summed E-state index contributed by atoms with van der Waals surface area (Å²) in [5.74, 6) is -0.923. The molecule has 3 aromatic rings. The van der Waals surface area contributed by atoms with Crippen molar-refractivity contribution in [3.63, 3.8) is 0 Å². The van der Waals surface area contributed by atoms with Crippen molar-refractivity contribution in [2.24, 2.45) is 0 Å². The van der Waals surface area contributed by atoms with Crippen LogP contribution in [0, 0.1) is 17.1 Å². The lowest BCUT2D eigenvalue weighted by Gasteiger charge is -2.31. The van der Waals surface area contributed by atoms with E-state index >= 15 is 4.39 Å². The first kappa shape index (κ1) is 23.9. The van der Waals surface area contributed by atoms with Gasteiger partial charge in [-0.2, -0.15) is 5.26 Å². The summed E-state index contributed by atoms with van der Waals surface area (Å²) in [5, 5.41) is 9.82.